The molecule has 2 saturated heterocycles. The molecular formula is C28H36N6O4S. The summed E-state index contributed by atoms with van der Waals surface area (Å²) >= 11 is 0. The second-order valence-corrected chi connectivity index (χ2v) is 13.7. The number of hydrogen-bond acceptors (Lipinski definition) is 7. The van der Waals surface area contributed by atoms with Gasteiger partial charge in [0.1, 0.15) is 11.6 Å². The van der Waals surface area contributed by atoms with E-state index in [2.05, 4.69) is 31.9 Å². The lowest BCUT2D eigenvalue weighted by atomic mass is 10.0. The molecule has 11 heteroatoms. The van der Waals surface area contributed by atoms with E-state index < -0.39 is 15.3 Å². The van der Waals surface area contributed by atoms with Crippen LogP contribution in [0.4, 0.5) is 5.69 Å². The van der Waals surface area contributed by atoms with Gasteiger partial charge in [0.25, 0.3) is 0 Å². The molecule has 6 rings (SSSR count). The number of hydrogen-bond donors (Lipinski definition) is 1. The van der Waals surface area contributed by atoms with E-state index in [-0.39, 0.29) is 17.9 Å². The number of fused-ring (bicyclic) bond motifs is 1. The van der Waals surface area contributed by atoms with E-state index in [1.54, 1.807) is 18.2 Å². The second-order valence-electron chi connectivity index (χ2n) is 11.2. The molecule has 0 radical (unpaired) electrons. The number of piperazine rings is 1. The molecule has 1 aliphatic carbocycles. The highest BCUT2D eigenvalue weighted by molar-refractivity contribution is 7.89. The highest BCUT2D eigenvalue weighted by Crippen LogP contribution is 2.40. The summed E-state index contributed by atoms with van der Waals surface area (Å²) in [6, 6.07) is 10.7. The number of pyridine rings is 1. The van der Waals surface area contributed by atoms with Crippen LogP contribution in [0.2, 0.25) is 0 Å². The van der Waals surface area contributed by atoms with E-state index in [9.17, 15) is 13.2 Å². The number of nitrogens with zero attached hydrogens (tertiary/aromatic N) is 5. The van der Waals surface area contributed by atoms with Gasteiger partial charge in [0, 0.05) is 62.4 Å². The van der Waals surface area contributed by atoms with Crippen LogP contribution in [0.1, 0.15) is 46.1 Å². The SMILES string of the molecule is CC(C)S(=O)(=O)N1CCN(c2ccc(-c3cc4ncn(C5CC5)c4c(O[C@H](C)C4CNC(=O)C4)n3)cc2)CC1. The first-order valence-corrected chi connectivity index (χ1v) is 15.4. The summed E-state index contributed by atoms with van der Waals surface area (Å²) in [7, 11) is -3.23. The fourth-order valence-electron chi connectivity index (χ4n) is 5.46. The van der Waals surface area contributed by atoms with Crippen molar-refractivity contribution >= 4 is 32.7 Å². The minimum atomic E-state index is -3.23. The van der Waals surface area contributed by atoms with Crippen molar-refractivity contribution in [3.63, 3.8) is 0 Å². The van der Waals surface area contributed by atoms with E-state index in [4.69, 9.17) is 9.72 Å². The molecule has 1 N–H and O–H groups in total. The summed E-state index contributed by atoms with van der Waals surface area (Å²) in [5.41, 5.74) is 4.56. The van der Waals surface area contributed by atoms with E-state index in [1.165, 1.54) is 0 Å². The quantitative estimate of drug-likeness (QED) is 0.457. The highest BCUT2D eigenvalue weighted by atomic mass is 32.2. The number of rotatable bonds is 8. The second kappa shape index (κ2) is 10.1. The Morgan fingerprint density at radius 2 is 1.77 bits per heavy atom. The molecule has 3 aromatic rings. The zero-order valence-corrected chi connectivity index (χ0v) is 23.5. The van der Waals surface area contributed by atoms with Crippen molar-refractivity contribution in [3.8, 4) is 17.1 Å². The Labute approximate surface area is 229 Å². The van der Waals surface area contributed by atoms with Crippen LogP contribution in [0, 0.1) is 5.92 Å². The number of anilines is 1. The van der Waals surface area contributed by atoms with Crippen LogP contribution in [-0.4, -0.2) is 77.2 Å². The number of amides is 1. The predicted octanol–water partition coefficient (Wildman–Crippen LogP) is 3.20. The lowest BCUT2D eigenvalue weighted by Gasteiger charge is -2.36. The van der Waals surface area contributed by atoms with Crippen molar-refractivity contribution in [2.45, 2.75) is 57.4 Å². The molecule has 0 bridgehead atoms. The van der Waals surface area contributed by atoms with Gasteiger partial charge in [-0.25, -0.2) is 18.4 Å². The first-order chi connectivity index (χ1) is 18.7. The number of benzene rings is 1. The highest BCUT2D eigenvalue weighted by Gasteiger charge is 2.32. The van der Waals surface area contributed by atoms with Crippen LogP contribution in [0.15, 0.2) is 36.7 Å². The van der Waals surface area contributed by atoms with Crippen molar-refractivity contribution < 1.29 is 17.9 Å². The van der Waals surface area contributed by atoms with Crippen molar-refractivity contribution in [3.05, 3.63) is 36.7 Å². The van der Waals surface area contributed by atoms with Gasteiger partial charge >= 0.3 is 0 Å². The van der Waals surface area contributed by atoms with Gasteiger partial charge < -0.3 is 19.5 Å². The van der Waals surface area contributed by atoms with Crippen LogP contribution in [-0.2, 0) is 14.8 Å². The van der Waals surface area contributed by atoms with Crippen LogP contribution in [0.25, 0.3) is 22.3 Å². The predicted molar refractivity (Wildman–Crippen MR) is 150 cm³/mol. The van der Waals surface area contributed by atoms with Crippen molar-refractivity contribution in [1.82, 2.24) is 24.2 Å². The Kier molecular flexibility index (Phi) is 6.74. The van der Waals surface area contributed by atoms with Crippen LogP contribution in [0.3, 0.4) is 0 Å². The maximum atomic E-state index is 12.5. The smallest absolute Gasteiger partial charge is 0.241 e. The average molecular weight is 553 g/mol. The molecule has 1 aromatic carbocycles. The number of ether oxygens (including phenoxy) is 1. The van der Waals surface area contributed by atoms with E-state index in [1.807, 2.05) is 31.5 Å². The average Bonchev–Trinajstić information content (AvgIpc) is 3.53. The molecule has 2 aliphatic heterocycles. The summed E-state index contributed by atoms with van der Waals surface area (Å²) in [5.74, 6) is 0.726. The van der Waals surface area contributed by atoms with Gasteiger partial charge in [-0.05, 0) is 51.8 Å². The van der Waals surface area contributed by atoms with Crippen molar-refractivity contribution in [2.24, 2.45) is 5.92 Å². The minimum Gasteiger partial charge on any atom is -0.473 e. The molecule has 1 unspecified atom stereocenters. The minimum absolute atomic E-state index is 0.0633. The summed E-state index contributed by atoms with van der Waals surface area (Å²) in [6.45, 7) is 8.37. The number of nitrogens with one attached hydrogen (secondary N) is 1. The molecule has 2 aromatic heterocycles. The van der Waals surface area contributed by atoms with E-state index in [0.29, 0.717) is 51.1 Å². The molecule has 2 atom stereocenters. The molecule has 10 nitrogen and oxygen atoms in total. The van der Waals surface area contributed by atoms with Crippen LogP contribution >= 0.6 is 0 Å². The number of aromatic nitrogens is 3. The Morgan fingerprint density at radius 3 is 2.38 bits per heavy atom. The van der Waals surface area contributed by atoms with Gasteiger partial charge in [0.05, 0.1) is 22.8 Å². The van der Waals surface area contributed by atoms with Gasteiger partial charge in [0.15, 0.2) is 0 Å². The monoisotopic (exact) mass is 552 g/mol. The number of carbonyl (C=O) groups excluding carboxylic acids is 1. The Bertz CT molecular complexity index is 1470. The number of sulfonamides is 1. The first-order valence-electron chi connectivity index (χ1n) is 13.9. The summed E-state index contributed by atoms with van der Waals surface area (Å²) in [5, 5.41) is 2.49. The van der Waals surface area contributed by atoms with Gasteiger partial charge in [-0.3, -0.25) is 4.79 Å². The molecule has 0 spiro atoms. The third-order valence-electron chi connectivity index (χ3n) is 8.15. The summed E-state index contributed by atoms with van der Waals surface area (Å²) in [4.78, 5) is 23.6. The van der Waals surface area contributed by atoms with E-state index in [0.717, 1.165) is 40.8 Å². The summed E-state index contributed by atoms with van der Waals surface area (Å²) < 4.78 is 35.2. The zero-order valence-electron chi connectivity index (χ0n) is 22.7. The molecule has 1 saturated carbocycles. The molecule has 208 valence electrons. The van der Waals surface area contributed by atoms with Gasteiger partial charge in [-0.2, -0.15) is 4.31 Å². The van der Waals surface area contributed by atoms with E-state index >= 15 is 0 Å². The Morgan fingerprint density at radius 1 is 1.05 bits per heavy atom. The maximum Gasteiger partial charge on any atom is 0.241 e. The number of imidazole rings is 1. The van der Waals surface area contributed by atoms with Crippen LogP contribution < -0.4 is 15.0 Å². The molecule has 3 fully saturated rings. The largest absolute Gasteiger partial charge is 0.473 e. The van der Waals surface area contributed by atoms with Gasteiger partial charge in [-0.1, -0.05) is 12.1 Å². The third kappa shape index (κ3) is 5.09. The zero-order chi connectivity index (χ0) is 27.3. The van der Waals surface area contributed by atoms with Crippen LogP contribution in [0.5, 0.6) is 5.88 Å². The maximum absolute atomic E-state index is 12.5. The standard InChI is InChI=1S/C28H36N6O4S/c1-18(2)39(36,37)33-12-10-32(11-13-33)22-6-4-20(5-7-22)24-15-25-27(34(17-30-25)23-8-9-23)28(31-24)38-19(3)21-14-26(35)29-16-21/h4-7,15,17-19,21,23H,8-14,16H2,1-3H3,(H,29,35)/t19-,21?/m1/s1. The molecule has 39 heavy (non-hydrogen) atoms. The fraction of sp³-hybridized carbons (Fsp3) is 0.536. The number of carbonyl (C=O) groups is 1. The van der Waals surface area contributed by atoms with Crippen molar-refractivity contribution in [1.29, 1.82) is 0 Å². The molecular weight excluding hydrogens is 516 g/mol. The first kappa shape index (κ1) is 26.1. The molecule has 3 aliphatic rings. The fourth-order valence-corrected chi connectivity index (χ4v) is 6.73. The van der Waals surface area contributed by atoms with Crippen molar-refractivity contribution in [2.75, 3.05) is 37.6 Å². The summed E-state index contributed by atoms with van der Waals surface area (Å²) in [6.07, 6.45) is 4.43. The Hall–Kier alpha value is -3.18. The third-order valence-corrected chi connectivity index (χ3v) is 10.4. The van der Waals surface area contributed by atoms with Gasteiger partial charge in [0.2, 0.25) is 21.8 Å². The molecule has 1 amide bonds. The topological polar surface area (TPSA) is 110 Å². The molecule has 4 heterocycles. The Balaban J connectivity index is 1.24. The lowest BCUT2D eigenvalue weighted by Crippen LogP contribution is -2.50. The lowest BCUT2D eigenvalue weighted by molar-refractivity contribution is -0.119. The van der Waals surface area contributed by atoms with Gasteiger partial charge in [-0.15, -0.1) is 0 Å². The normalized spacial score (nSPS) is 21.5.